The van der Waals surface area contributed by atoms with Crippen molar-refractivity contribution in [2.75, 3.05) is 26.2 Å². The molecule has 3 rings (SSSR count). The zero-order chi connectivity index (χ0) is 12.4. The minimum Gasteiger partial charge on any atom is -0.309 e. The molecule has 0 aromatic heterocycles. The number of rotatable bonds is 2. The van der Waals surface area contributed by atoms with E-state index in [9.17, 15) is 0 Å². The van der Waals surface area contributed by atoms with Crippen molar-refractivity contribution in [1.82, 2.24) is 10.2 Å². The van der Waals surface area contributed by atoms with Crippen molar-refractivity contribution in [3.05, 3.63) is 0 Å². The summed E-state index contributed by atoms with van der Waals surface area (Å²) in [7, 11) is 0. The Morgan fingerprint density at radius 2 is 2.00 bits per heavy atom. The quantitative estimate of drug-likeness (QED) is 0.810. The monoisotopic (exact) mass is 250 g/mol. The van der Waals surface area contributed by atoms with Crippen LogP contribution < -0.4 is 5.32 Å². The van der Waals surface area contributed by atoms with Gasteiger partial charge in [-0.05, 0) is 37.5 Å². The zero-order valence-corrected chi connectivity index (χ0v) is 12.1. The van der Waals surface area contributed by atoms with Crippen LogP contribution in [0.15, 0.2) is 0 Å². The number of nitrogens with one attached hydrogen (secondary N) is 1. The molecule has 0 aromatic rings. The predicted octanol–water partition coefficient (Wildman–Crippen LogP) is 3.03. The number of nitrogens with zero attached hydrogens (tertiary/aromatic N) is 1. The van der Waals surface area contributed by atoms with Crippen molar-refractivity contribution in [2.24, 2.45) is 11.8 Å². The van der Waals surface area contributed by atoms with Gasteiger partial charge in [0.05, 0.1) is 0 Å². The summed E-state index contributed by atoms with van der Waals surface area (Å²) in [5, 5.41) is 3.86. The second-order valence-electron chi connectivity index (χ2n) is 7.29. The van der Waals surface area contributed by atoms with Crippen LogP contribution in [-0.4, -0.2) is 36.6 Å². The molecule has 1 aliphatic heterocycles. The Bertz CT molecular complexity index is 265. The normalized spacial score (nSPS) is 37.2. The smallest absolute Gasteiger partial charge is 0.0309 e. The lowest BCUT2D eigenvalue weighted by atomic mass is 9.80. The lowest BCUT2D eigenvalue weighted by Crippen LogP contribution is -2.61. The van der Waals surface area contributed by atoms with E-state index in [2.05, 4.69) is 17.1 Å². The van der Waals surface area contributed by atoms with Crippen LogP contribution in [0, 0.1) is 11.8 Å². The molecule has 1 saturated heterocycles. The third-order valence-corrected chi connectivity index (χ3v) is 5.58. The van der Waals surface area contributed by atoms with Gasteiger partial charge in [0.25, 0.3) is 0 Å². The molecule has 2 saturated carbocycles. The summed E-state index contributed by atoms with van der Waals surface area (Å²) in [6.45, 7) is 7.65. The molecule has 2 unspecified atom stereocenters. The van der Waals surface area contributed by atoms with Gasteiger partial charge in [0, 0.05) is 31.7 Å². The molecule has 0 radical (unpaired) electrons. The van der Waals surface area contributed by atoms with Gasteiger partial charge in [0.15, 0.2) is 0 Å². The lowest BCUT2D eigenvalue weighted by molar-refractivity contribution is 0.0875. The van der Waals surface area contributed by atoms with Gasteiger partial charge >= 0.3 is 0 Å². The fourth-order valence-electron chi connectivity index (χ4n) is 4.62. The summed E-state index contributed by atoms with van der Waals surface area (Å²) < 4.78 is 0. The number of piperazine rings is 1. The fourth-order valence-corrected chi connectivity index (χ4v) is 4.62. The van der Waals surface area contributed by atoms with Crippen molar-refractivity contribution >= 4 is 0 Å². The van der Waals surface area contributed by atoms with Crippen molar-refractivity contribution in [1.29, 1.82) is 0 Å². The van der Waals surface area contributed by atoms with Crippen LogP contribution in [0.4, 0.5) is 0 Å². The molecular formula is C16H30N2. The second-order valence-corrected chi connectivity index (χ2v) is 7.29. The Hall–Kier alpha value is -0.0800. The Morgan fingerprint density at radius 3 is 2.72 bits per heavy atom. The second kappa shape index (κ2) is 5.50. The van der Waals surface area contributed by atoms with Gasteiger partial charge in [-0.25, -0.2) is 0 Å². The van der Waals surface area contributed by atoms with Crippen LogP contribution in [0.2, 0.25) is 0 Å². The molecule has 18 heavy (non-hydrogen) atoms. The minimum atomic E-state index is 0.501. The molecular weight excluding hydrogens is 220 g/mol. The molecule has 104 valence electrons. The molecule has 1 heterocycles. The summed E-state index contributed by atoms with van der Waals surface area (Å²) in [6, 6.07) is 0. The summed E-state index contributed by atoms with van der Waals surface area (Å²) in [5.74, 6) is 1.99. The lowest BCUT2D eigenvalue weighted by Gasteiger charge is -2.46. The van der Waals surface area contributed by atoms with E-state index < -0.39 is 0 Å². The Morgan fingerprint density at radius 1 is 1.17 bits per heavy atom. The van der Waals surface area contributed by atoms with Crippen LogP contribution in [0.5, 0.6) is 0 Å². The Kier molecular flexibility index (Phi) is 3.95. The van der Waals surface area contributed by atoms with E-state index in [0.717, 1.165) is 11.8 Å². The van der Waals surface area contributed by atoms with Gasteiger partial charge in [-0.3, -0.25) is 4.90 Å². The molecule has 0 aromatic carbocycles. The molecule has 2 atom stereocenters. The van der Waals surface area contributed by atoms with E-state index in [1.54, 1.807) is 0 Å². The van der Waals surface area contributed by atoms with E-state index >= 15 is 0 Å². The van der Waals surface area contributed by atoms with Gasteiger partial charge < -0.3 is 5.32 Å². The predicted molar refractivity (Wildman–Crippen MR) is 76.8 cm³/mol. The van der Waals surface area contributed by atoms with Crippen molar-refractivity contribution in [3.8, 4) is 0 Å². The highest BCUT2D eigenvalue weighted by Crippen LogP contribution is 2.34. The Balaban J connectivity index is 1.53. The van der Waals surface area contributed by atoms with Gasteiger partial charge in [0.2, 0.25) is 0 Å². The highest BCUT2D eigenvalue weighted by atomic mass is 15.2. The summed E-state index contributed by atoms with van der Waals surface area (Å²) in [6.07, 6.45) is 11.6. The van der Waals surface area contributed by atoms with Gasteiger partial charge in [-0.1, -0.05) is 32.6 Å². The number of hydrogen-bond donors (Lipinski definition) is 1. The highest BCUT2D eigenvalue weighted by molar-refractivity contribution is 4.97. The fraction of sp³-hybridized carbons (Fsp3) is 1.00. The molecule has 0 bridgehead atoms. The first-order chi connectivity index (χ1) is 8.76. The van der Waals surface area contributed by atoms with Crippen LogP contribution >= 0.6 is 0 Å². The summed E-state index contributed by atoms with van der Waals surface area (Å²) in [5.41, 5.74) is 0.501. The van der Waals surface area contributed by atoms with Crippen LogP contribution in [0.25, 0.3) is 0 Å². The van der Waals surface area contributed by atoms with E-state index in [1.807, 2.05) is 0 Å². The minimum absolute atomic E-state index is 0.501. The average Bonchev–Trinajstić information content (AvgIpc) is 2.76. The molecule has 2 heteroatoms. The SMILES string of the molecule is CC1CCC(CN2CCNC3(CCCCC3)C2)C1. The first-order valence-corrected chi connectivity index (χ1v) is 8.23. The summed E-state index contributed by atoms with van der Waals surface area (Å²) in [4.78, 5) is 2.78. The maximum Gasteiger partial charge on any atom is 0.0309 e. The molecule has 2 nitrogen and oxygen atoms in total. The highest BCUT2D eigenvalue weighted by Gasteiger charge is 2.36. The topological polar surface area (TPSA) is 15.3 Å². The van der Waals surface area contributed by atoms with Crippen molar-refractivity contribution < 1.29 is 0 Å². The molecule has 3 fully saturated rings. The van der Waals surface area contributed by atoms with Crippen molar-refractivity contribution in [3.63, 3.8) is 0 Å². The maximum atomic E-state index is 3.86. The molecule has 1 spiro atoms. The van der Waals surface area contributed by atoms with E-state index in [1.165, 1.54) is 77.5 Å². The van der Waals surface area contributed by atoms with E-state index in [4.69, 9.17) is 0 Å². The third kappa shape index (κ3) is 2.91. The molecule has 0 amide bonds. The van der Waals surface area contributed by atoms with Gasteiger partial charge in [-0.2, -0.15) is 0 Å². The first-order valence-electron chi connectivity index (χ1n) is 8.23. The number of hydrogen-bond acceptors (Lipinski definition) is 2. The third-order valence-electron chi connectivity index (χ3n) is 5.58. The van der Waals surface area contributed by atoms with E-state index in [0.29, 0.717) is 5.54 Å². The van der Waals surface area contributed by atoms with E-state index in [-0.39, 0.29) is 0 Å². The first kappa shape index (κ1) is 12.9. The van der Waals surface area contributed by atoms with Gasteiger partial charge in [0.1, 0.15) is 0 Å². The molecule has 2 aliphatic carbocycles. The molecule has 1 N–H and O–H groups in total. The zero-order valence-electron chi connectivity index (χ0n) is 12.1. The maximum absolute atomic E-state index is 3.86. The summed E-state index contributed by atoms with van der Waals surface area (Å²) >= 11 is 0. The van der Waals surface area contributed by atoms with Crippen molar-refractivity contribution in [2.45, 2.75) is 63.8 Å². The molecule has 3 aliphatic rings. The van der Waals surface area contributed by atoms with Crippen LogP contribution in [-0.2, 0) is 0 Å². The van der Waals surface area contributed by atoms with Gasteiger partial charge in [-0.15, -0.1) is 0 Å². The van der Waals surface area contributed by atoms with Crippen LogP contribution in [0.3, 0.4) is 0 Å². The van der Waals surface area contributed by atoms with Crippen LogP contribution in [0.1, 0.15) is 58.3 Å². The average molecular weight is 250 g/mol. The largest absolute Gasteiger partial charge is 0.309 e. The Labute approximate surface area is 113 Å². The standard InChI is InChI=1S/C16H30N2/c1-14-5-6-15(11-14)12-18-10-9-17-16(13-18)7-3-2-4-8-16/h14-15,17H,2-13H2,1H3.